The van der Waals surface area contributed by atoms with Gasteiger partial charge in [-0.2, -0.15) is 0 Å². The van der Waals surface area contributed by atoms with Gasteiger partial charge in [0.1, 0.15) is 0 Å². The number of terminal acetylenes is 1. The lowest BCUT2D eigenvalue weighted by molar-refractivity contribution is 0.263. The molecule has 1 unspecified atom stereocenters. The topological polar surface area (TPSA) is 44.8 Å². The van der Waals surface area contributed by atoms with Gasteiger partial charge < -0.3 is 12.9 Å². The first-order valence-electron chi connectivity index (χ1n) is 6.73. The smallest absolute Gasteiger partial charge is 0.351 e. The van der Waals surface area contributed by atoms with E-state index in [1.807, 2.05) is 58.9 Å². The molecule has 0 aliphatic rings. The van der Waals surface area contributed by atoms with Crippen molar-refractivity contribution in [3.63, 3.8) is 0 Å². The van der Waals surface area contributed by atoms with Crippen LogP contribution in [0.15, 0.2) is 0 Å². The molecule has 0 bridgehead atoms. The Morgan fingerprint density at radius 3 is 1.40 bits per heavy atom. The number of hydrogen-bond donors (Lipinski definition) is 0. The van der Waals surface area contributed by atoms with Crippen molar-refractivity contribution in [3.05, 3.63) is 0 Å². The summed E-state index contributed by atoms with van der Waals surface area (Å²) in [6, 6.07) is 0. The van der Waals surface area contributed by atoms with Gasteiger partial charge in [-0.3, -0.25) is 4.57 Å². The Kier molecular flexibility index (Phi) is 6.72. The van der Waals surface area contributed by atoms with Crippen molar-refractivity contribution in [2.75, 3.05) is 0 Å². The van der Waals surface area contributed by atoms with Crippen LogP contribution >= 0.6 is 7.60 Å². The maximum absolute atomic E-state index is 13.2. The van der Waals surface area contributed by atoms with Crippen molar-refractivity contribution in [1.82, 2.24) is 0 Å². The van der Waals surface area contributed by atoms with Gasteiger partial charge in [0.15, 0.2) is 25.0 Å². The molecular formula is C12H29O4PSi3. The molecule has 0 N–H and O–H groups in total. The van der Waals surface area contributed by atoms with E-state index in [0.717, 1.165) is 0 Å². The molecule has 0 rings (SSSR count). The lowest BCUT2D eigenvalue weighted by atomic mass is 10.8. The van der Waals surface area contributed by atoms with Gasteiger partial charge in [-0.05, 0) is 58.9 Å². The van der Waals surface area contributed by atoms with Gasteiger partial charge in [0.05, 0.1) is 0 Å². The first kappa shape index (κ1) is 20.3. The van der Waals surface area contributed by atoms with E-state index >= 15 is 0 Å². The highest BCUT2D eigenvalue weighted by Crippen LogP contribution is 2.57. The number of rotatable bonds is 7. The van der Waals surface area contributed by atoms with Gasteiger partial charge in [0.2, 0.25) is 5.85 Å². The average molecular weight is 353 g/mol. The second kappa shape index (κ2) is 6.61. The van der Waals surface area contributed by atoms with Crippen LogP contribution in [0.2, 0.25) is 58.9 Å². The van der Waals surface area contributed by atoms with Crippen LogP contribution in [-0.2, 0) is 17.4 Å². The Hall–Kier alpha value is 0.321. The van der Waals surface area contributed by atoms with Gasteiger partial charge in [-0.25, -0.2) is 0 Å². The largest absolute Gasteiger partial charge is 0.395 e. The Morgan fingerprint density at radius 1 is 0.850 bits per heavy atom. The summed E-state index contributed by atoms with van der Waals surface area (Å²) in [5.41, 5.74) is 0. The monoisotopic (exact) mass is 352 g/mol. The molecule has 0 aromatic rings. The molecule has 0 heterocycles. The van der Waals surface area contributed by atoms with E-state index in [2.05, 4.69) is 5.92 Å². The van der Waals surface area contributed by atoms with Gasteiger partial charge in [0.25, 0.3) is 0 Å². The van der Waals surface area contributed by atoms with Crippen molar-refractivity contribution >= 4 is 32.5 Å². The van der Waals surface area contributed by atoms with E-state index in [4.69, 9.17) is 19.3 Å². The zero-order valence-electron chi connectivity index (χ0n) is 14.2. The Bertz CT molecular complexity index is 392. The fraction of sp³-hybridized carbons (Fsp3) is 0.833. The first-order valence-corrected chi connectivity index (χ1v) is 18.6. The van der Waals surface area contributed by atoms with Crippen LogP contribution in [0.5, 0.6) is 0 Å². The van der Waals surface area contributed by atoms with Crippen LogP contribution in [0.3, 0.4) is 0 Å². The summed E-state index contributed by atoms with van der Waals surface area (Å²) in [5.74, 6) is 1.58. The van der Waals surface area contributed by atoms with E-state index in [0.29, 0.717) is 0 Å². The molecule has 0 saturated carbocycles. The highest BCUT2D eigenvalue weighted by atomic mass is 31.2. The van der Waals surface area contributed by atoms with Crippen LogP contribution in [0.4, 0.5) is 0 Å². The summed E-state index contributed by atoms with van der Waals surface area (Å²) < 4.78 is 30.8. The third kappa shape index (κ3) is 8.57. The fourth-order valence-corrected chi connectivity index (χ4v) is 11.1. The summed E-state index contributed by atoms with van der Waals surface area (Å²) in [7, 11) is -9.56. The average Bonchev–Trinajstić information content (AvgIpc) is 2.05. The van der Waals surface area contributed by atoms with Crippen molar-refractivity contribution in [3.8, 4) is 12.3 Å². The SMILES string of the molecule is C#CC(O[Si](C)(C)C)P(=O)(O[Si](C)(C)C)O[Si](C)(C)C. The lowest BCUT2D eigenvalue weighted by Crippen LogP contribution is -2.37. The predicted octanol–water partition coefficient (Wildman–Crippen LogP) is 4.69. The first-order chi connectivity index (χ1) is 8.58. The number of hydrogen-bond acceptors (Lipinski definition) is 4. The zero-order chi connectivity index (χ0) is 16.4. The van der Waals surface area contributed by atoms with Crippen molar-refractivity contribution in [1.29, 1.82) is 0 Å². The lowest BCUT2D eigenvalue weighted by Gasteiger charge is -2.35. The summed E-state index contributed by atoms with van der Waals surface area (Å²) in [5, 5.41) is 0. The van der Waals surface area contributed by atoms with Crippen LogP contribution in [-0.4, -0.2) is 30.8 Å². The summed E-state index contributed by atoms with van der Waals surface area (Å²) in [4.78, 5) is 0. The van der Waals surface area contributed by atoms with Crippen molar-refractivity contribution in [2.45, 2.75) is 64.8 Å². The van der Waals surface area contributed by atoms with Crippen LogP contribution in [0.25, 0.3) is 0 Å². The minimum absolute atomic E-state index is 0.910. The highest BCUT2D eigenvalue weighted by molar-refractivity contribution is 7.58. The summed E-state index contributed by atoms with van der Waals surface area (Å²) in [6.07, 6.45) is 5.55. The minimum atomic E-state index is -3.47. The molecule has 20 heavy (non-hydrogen) atoms. The molecule has 8 heteroatoms. The molecule has 1 atom stereocenters. The third-order valence-electron chi connectivity index (χ3n) is 1.70. The van der Waals surface area contributed by atoms with E-state index in [-0.39, 0.29) is 0 Å². The maximum Gasteiger partial charge on any atom is 0.351 e. The second-order valence-corrected chi connectivity index (χ2v) is 23.6. The van der Waals surface area contributed by atoms with Crippen molar-refractivity contribution in [2.24, 2.45) is 0 Å². The Labute approximate surface area is 127 Å². The van der Waals surface area contributed by atoms with Gasteiger partial charge in [-0.15, -0.1) is 6.42 Å². The van der Waals surface area contributed by atoms with Crippen LogP contribution in [0.1, 0.15) is 0 Å². The molecule has 0 fully saturated rings. The predicted molar refractivity (Wildman–Crippen MR) is 93.5 cm³/mol. The molecule has 118 valence electrons. The van der Waals surface area contributed by atoms with E-state index in [9.17, 15) is 4.57 Å². The molecule has 0 aromatic heterocycles. The zero-order valence-corrected chi connectivity index (χ0v) is 18.1. The maximum atomic E-state index is 13.2. The molecule has 0 aliphatic heterocycles. The highest BCUT2D eigenvalue weighted by Gasteiger charge is 2.44. The standard InChI is InChI=1S/C12H29O4PSi3/c1-11-12(14-18(2,3)4)17(13,15-19(5,6)7)16-20(8,9)10/h1,12H,2-10H3. The second-order valence-electron chi connectivity index (χ2n) is 7.70. The van der Waals surface area contributed by atoms with Crippen LogP contribution < -0.4 is 0 Å². The molecule has 4 nitrogen and oxygen atoms in total. The van der Waals surface area contributed by atoms with Crippen molar-refractivity contribution < 1.29 is 17.4 Å². The Morgan fingerprint density at radius 2 is 1.20 bits per heavy atom. The van der Waals surface area contributed by atoms with Crippen LogP contribution in [0, 0.1) is 12.3 Å². The van der Waals surface area contributed by atoms with E-state index in [1.54, 1.807) is 0 Å². The molecule has 0 aromatic carbocycles. The quantitative estimate of drug-likeness (QED) is 0.379. The molecule has 0 spiro atoms. The molecule has 0 radical (unpaired) electrons. The van der Waals surface area contributed by atoms with Gasteiger partial charge in [0, 0.05) is 0 Å². The van der Waals surface area contributed by atoms with E-state index in [1.165, 1.54) is 0 Å². The van der Waals surface area contributed by atoms with Gasteiger partial charge >= 0.3 is 7.60 Å². The fourth-order valence-electron chi connectivity index (χ4n) is 1.40. The third-order valence-corrected chi connectivity index (χ3v) is 10.1. The minimum Gasteiger partial charge on any atom is -0.395 e. The molecule has 0 saturated heterocycles. The Balaban J connectivity index is 5.51. The molecule has 0 amide bonds. The van der Waals surface area contributed by atoms with E-state index < -0.39 is 38.4 Å². The molecular weight excluding hydrogens is 323 g/mol. The normalized spacial score (nSPS) is 15.8. The van der Waals surface area contributed by atoms with Gasteiger partial charge in [-0.1, -0.05) is 5.92 Å². The molecule has 0 aliphatic carbocycles. The summed E-state index contributed by atoms with van der Waals surface area (Å²) >= 11 is 0. The summed E-state index contributed by atoms with van der Waals surface area (Å²) in [6.45, 7) is 17.8.